The van der Waals surface area contributed by atoms with E-state index in [4.69, 9.17) is 9.15 Å². The quantitative estimate of drug-likeness (QED) is 0.711. The molecule has 1 atom stereocenters. The molecule has 0 unspecified atom stereocenters. The molecule has 0 aliphatic carbocycles. The zero-order valence-corrected chi connectivity index (χ0v) is 15.4. The molecule has 2 aromatic heterocycles. The Morgan fingerprint density at radius 2 is 2.11 bits per heavy atom. The number of amides is 1. The minimum atomic E-state index is -0.0791. The number of hydrogen-bond donors (Lipinski definition) is 0. The molecule has 1 aliphatic heterocycles. The Hall–Kier alpha value is -2.86. The molecule has 1 aromatic carbocycles. The van der Waals surface area contributed by atoms with Crippen molar-refractivity contribution in [3.8, 4) is 11.3 Å². The smallest absolute Gasteiger partial charge is 0.257 e. The number of furan rings is 1. The highest BCUT2D eigenvalue weighted by Crippen LogP contribution is 2.28. The van der Waals surface area contributed by atoms with Crippen LogP contribution in [0, 0.1) is 6.92 Å². The second-order valence-electron chi connectivity index (χ2n) is 6.79. The zero-order valence-electron chi connectivity index (χ0n) is 15.4. The maximum Gasteiger partial charge on any atom is 0.257 e. The van der Waals surface area contributed by atoms with Crippen LogP contribution < -0.4 is 0 Å². The molecule has 0 spiro atoms. The van der Waals surface area contributed by atoms with Crippen LogP contribution >= 0.6 is 0 Å². The van der Waals surface area contributed by atoms with Gasteiger partial charge in [-0.05, 0) is 25.5 Å². The predicted molar refractivity (Wildman–Crippen MR) is 101 cm³/mol. The SMILES string of the molecule is Cc1cc(C(=O)N2CCCO[C@@H](Cn3cccn3)C2)c(-c2ccccc2)o1. The summed E-state index contributed by atoms with van der Waals surface area (Å²) in [5.41, 5.74) is 1.52. The van der Waals surface area contributed by atoms with E-state index in [0.717, 1.165) is 17.7 Å². The van der Waals surface area contributed by atoms with Crippen molar-refractivity contribution < 1.29 is 13.9 Å². The van der Waals surface area contributed by atoms with Crippen molar-refractivity contribution in [2.75, 3.05) is 19.7 Å². The fourth-order valence-corrected chi connectivity index (χ4v) is 3.45. The third-order valence-corrected chi connectivity index (χ3v) is 4.71. The zero-order chi connectivity index (χ0) is 18.6. The van der Waals surface area contributed by atoms with Crippen molar-refractivity contribution >= 4 is 5.91 Å². The first-order valence-corrected chi connectivity index (χ1v) is 9.25. The standard InChI is InChI=1S/C21H23N3O3/c1-16-13-19(20(27-16)17-7-3-2-4-8-17)21(25)23-10-6-12-26-18(14-23)15-24-11-5-9-22-24/h2-5,7-9,11,13,18H,6,10,12,14-15H2,1H3/t18-/m1/s1. The number of aryl methyl sites for hydroxylation is 1. The van der Waals surface area contributed by atoms with Crippen LogP contribution in [0.1, 0.15) is 22.5 Å². The summed E-state index contributed by atoms with van der Waals surface area (Å²) < 4.78 is 13.6. The van der Waals surface area contributed by atoms with Gasteiger partial charge in [-0.1, -0.05) is 30.3 Å². The van der Waals surface area contributed by atoms with Crippen molar-refractivity contribution in [3.05, 3.63) is 66.2 Å². The lowest BCUT2D eigenvalue weighted by molar-refractivity contribution is 0.0367. The summed E-state index contributed by atoms with van der Waals surface area (Å²) in [4.78, 5) is 15.2. The Labute approximate surface area is 158 Å². The Morgan fingerprint density at radius 1 is 1.26 bits per heavy atom. The van der Waals surface area contributed by atoms with Crippen LogP contribution in [0.4, 0.5) is 0 Å². The van der Waals surface area contributed by atoms with Gasteiger partial charge in [0.1, 0.15) is 11.5 Å². The summed E-state index contributed by atoms with van der Waals surface area (Å²) in [7, 11) is 0. The van der Waals surface area contributed by atoms with E-state index in [-0.39, 0.29) is 12.0 Å². The highest BCUT2D eigenvalue weighted by Gasteiger charge is 2.27. The number of aromatic nitrogens is 2. The first-order chi connectivity index (χ1) is 13.2. The maximum atomic E-state index is 13.3. The van der Waals surface area contributed by atoms with Gasteiger partial charge in [-0.25, -0.2) is 0 Å². The van der Waals surface area contributed by atoms with Gasteiger partial charge < -0.3 is 14.1 Å². The molecule has 0 radical (unpaired) electrons. The Morgan fingerprint density at radius 3 is 2.89 bits per heavy atom. The minimum absolute atomic E-state index is 0.0123. The molecular formula is C21H23N3O3. The predicted octanol–water partition coefficient (Wildman–Crippen LogP) is 3.38. The van der Waals surface area contributed by atoms with Crippen LogP contribution in [-0.2, 0) is 11.3 Å². The number of hydrogen-bond acceptors (Lipinski definition) is 4. The minimum Gasteiger partial charge on any atom is -0.461 e. The monoisotopic (exact) mass is 365 g/mol. The van der Waals surface area contributed by atoms with E-state index in [1.165, 1.54) is 0 Å². The van der Waals surface area contributed by atoms with Gasteiger partial charge in [-0.15, -0.1) is 0 Å². The third kappa shape index (κ3) is 3.95. The number of benzene rings is 1. The summed E-state index contributed by atoms with van der Waals surface area (Å²) in [6.45, 7) is 4.36. The maximum absolute atomic E-state index is 13.3. The van der Waals surface area contributed by atoms with Gasteiger partial charge in [-0.3, -0.25) is 9.48 Å². The van der Waals surface area contributed by atoms with Gasteiger partial charge >= 0.3 is 0 Å². The van der Waals surface area contributed by atoms with Crippen LogP contribution in [0.3, 0.4) is 0 Å². The van der Waals surface area contributed by atoms with Crippen molar-refractivity contribution in [2.45, 2.75) is 26.0 Å². The number of carbonyl (C=O) groups is 1. The molecule has 1 aliphatic rings. The Balaban J connectivity index is 1.56. The molecule has 1 fully saturated rings. The van der Waals surface area contributed by atoms with E-state index in [0.29, 0.717) is 37.6 Å². The van der Waals surface area contributed by atoms with Gasteiger partial charge in [-0.2, -0.15) is 5.10 Å². The van der Waals surface area contributed by atoms with Crippen LogP contribution in [0.25, 0.3) is 11.3 Å². The summed E-state index contributed by atoms with van der Waals surface area (Å²) in [5.74, 6) is 1.35. The topological polar surface area (TPSA) is 60.5 Å². The molecule has 6 heteroatoms. The Bertz CT molecular complexity index is 887. The van der Waals surface area contributed by atoms with Gasteiger partial charge in [0.25, 0.3) is 5.91 Å². The van der Waals surface area contributed by atoms with Crippen molar-refractivity contribution in [1.29, 1.82) is 0 Å². The molecular weight excluding hydrogens is 342 g/mol. The molecule has 1 saturated heterocycles. The molecule has 140 valence electrons. The summed E-state index contributed by atoms with van der Waals surface area (Å²) in [6, 6.07) is 13.5. The normalized spacial score (nSPS) is 17.7. The molecule has 1 amide bonds. The van der Waals surface area contributed by atoms with Crippen LogP contribution in [0.15, 0.2) is 59.3 Å². The molecule has 0 saturated carbocycles. The molecule has 0 bridgehead atoms. The fraction of sp³-hybridized carbons (Fsp3) is 0.333. The average molecular weight is 365 g/mol. The van der Waals surface area contributed by atoms with E-state index in [2.05, 4.69) is 5.10 Å². The van der Waals surface area contributed by atoms with E-state index in [1.807, 2.05) is 65.2 Å². The van der Waals surface area contributed by atoms with Crippen molar-refractivity contribution in [3.63, 3.8) is 0 Å². The molecule has 3 heterocycles. The van der Waals surface area contributed by atoms with Crippen LogP contribution in [0.5, 0.6) is 0 Å². The summed E-state index contributed by atoms with van der Waals surface area (Å²) in [5, 5.41) is 4.24. The molecule has 0 N–H and O–H groups in total. The van der Waals surface area contributed by atoms with Crippen molar-refractivity contribution in [1.82, 2.24) is 14.7 Å². The number of ether oxygens (including phenoxy) is 1. The largest absolute Gasteiger partial charge is 0.461 e. The Kier molecular flexibility index (Phi) is 5.07. The number of carbonyl (C=O) groups excluding carboxylic acids is 1. The van der Waals surface area contributed by atoms with Gasteiger partial charge in [0.05, 0.1) is 18.2 Å². The second kappa shape index (κ2) is 7.80. The molecule has 6 nitrogen and oxygen atoms in total. The third-order valence-electron chi connectivity index (χ3n) is 4.71. The van der Waals surface area contributed by atoms with E-state index in [1.54, 1.807) is 6.20 Å². The van der Waals surface area contributed by atoms with Gasteiger partial charge in [0.15, 0.2) is 0 Å². The van der Waals surface area contributed by atoms with E-state index < -0.39 is 0 Å². The first kappa shape index (κ1) is 17.5. The van der Waals surface area contributed by atoms with Crippen molar-refractivity contribution in [2.24, 2.45) is 0 Å². The highest BCUT2D eigenvalue weighted by atomic mass is 16.5. The highest BCUT2D eigenvalue weighted by molar-refractivity contribution is 5.99. The molecule has 4 rings (SSSR count). The lowest BCUT2D eigenvalue weighted by Gasteiger charge is -2.24. The van der Waals surface area contributed by atoms with Crippen LogP contribution in [-0.4, -0.2) is 46.4 Å². The molecule has 27 heavy (non-hydrogen) atoms. The second-order valence-corrected chi connectivity index (χ2v) is 6.79. The number of rotatable bonds is 4. The fourth-order valence-electron chi connectivity index (χ4n) is 3.45. The average Bonchev–Trinajstić information content (AvgIpc) is 3.27. The van der Waals surface area contributed by atoms with Gasteiger partial charge in [0.2, 0.25) is 0 Å². The summed E-state index contributed by atoms with van der Waals surface area (Å²) in [6.07, 6.45) is 4.40. The molecule has 3 aromatic rings. The number of nitrogens with zero attached hydrogens (tertiary/aromatic N) is 3. The lowest BCUT2D eigenvalue weighted by atomic mass is 10.1. The van der Waals surface area contributed by atoms with E-state index >= 15 is 0 Å². The van der Waals surface area contributed by atoms with Gasteiger partial charge in [0, 0.05) is 37.7 Å². The summed E-state index contributed by atoms with van der Waals surface area (Å²) >= 11 is 0. The van der Waals surface area contributed by atoms with E-state index in [9.17, 15) is 4.79 Å². The van der Waals surface area contributed by atoms with Crippen LogP contribution in [0.2, 0.25) is 0 Å². The first-order valence-electron chi connectivity index (χ1n) is 9.25. The lowest BCUT2D eigenvalue weighted by Crippen LogP contribution is -2.38.